The number of hydrogen-bond donors (Lipinski definition) is 1. The zero-order chi connectivity index (χ0) is 17.2. The monoisotopic (exact) mass is 340 g/mol. The van der Waals surface area contributed by atoms with Crippen LogP contribution < -0.4 is 19.7 Å². The van der Waals surface area contributed by atoms with Gasteiger partial charge >= 0.3 is 0 Å². The lowest BCUT2D eigenvalue weighted by atomic mass is 10.0. The Bertz CT molecular complexity index is 765. The second-order valence-electron chi connectivity index (χ2n) is 6.70. The largest absolute Gasteiger partial charge is 0.486 e. The van der Waals surface area contributed by atoms with Gasteiger partial charge in [-0.05, 0) is 38.8 Å². The lowest BCUT2D eigenvalue weighted by molar-refractivity contribution is 0.171. The van der Waals surface area contributed by atoms with Gasteiger partial charge < -0.3 is 19.7 Å². The maximum Gasteiger partial charge on any atom is 0.163 e. The van der Waals surface area contributed by atoms with Crippen molar-refractivity contribution in [2.45, 2.75) is 32.7 Å². The molecule has 0 saturated carbocycles. The summed E-state index contributed by atoms with van der Waals surface area (Å²) in [5, 5.41) is 3.64. The second kappa shape index (κ2) is 6.78. The number of aromatic nitrogens is 2. The van der Waals surface area contributed by atoms with E-state index in [1.807, 2.05) is 19.1 Å². The molecule has 0 aliphatic carbocycles. The van der Waals surface area contributed by atoms with Crippen LogP contribution in [-0.2, 0) is 0 Å². The molecule has 3 heterocycles. The number of fused-ring (bicyclic) bond motifs is 1. The molecule has 0 unspecified atom stereocenters. The van der Waals surface area contributed by atoms with Gasteiger partial charge in [-0.2, -0.15) is 0 Å². The SMILES string of the molecule is Cc1ncnc(N2CCC[C@@H](Nc3ccc4c(c3)OCCO4)C2)c1C. The normalized spacial score (nSPS) is 19.6. The highest BCUT2D eigenvalue weighted by Gasteiger charge is 2.23. The van der Waals surface area contributed by atoms with Gasteiger partial charge in [0, 0.05) is 42.1 Å². The van der Waals surface area contributed by atoms with Gasteiger partial charge in [0.1, 0.15) is 25.4 Å². The Hall–Kier alpha value is -2.50. The average Bonchev–Trinajstić information content (AvgIpc) is 2.64. The lowest BCUT2D eigenvalue weighted by Crippen LogP contribution is -2.43. The lowest BCUT2D eigenvalue weighted by Gasteiger charge is -2.35. The van der Waals surface area contributed by atoms with E-state index in [0.717, 1.165) is 54.6 Å². The third kappa shape index (κ3) is 3.34. The highest BCUT2D eigenvalue weighted by molar-refractivity contribution is 5.56. The van der Waals surface area contributed by atoms with Gasteiger partial charge in [0.15, 0.2) is 11.5 Å². The van der Waals surface area contributed by atoms with E-state index in [9.17, 15) is 0 Å². The number of nitrogens with zero attached hydrogens (tertiary/aromatic N) is 3. The van der Waals surface area contributed by atoms with Crippen LogP contribution in [0.2, 0.25) is 0 Å². The Morgan fingerprint density at radius 2 is 1.96 bits per heavy atom. The number of rotatable bonds is 3. The Kier molecular flexibility index (Phi) is 4.34. The zero-order valence-electron chi connectivity index (χ0n) is 14.8. The van der Waals surface area contributed by atoms with Crippen LogP contribution in [0.25, 0.3) is 0 Å². The first-order valence-corrected chi connectivity index (χ1v) is 8.90. The average molecular weight is 340 g/mol. The number of anilines is 2. The van der Waals surface area contributed by atoms with Crippen molar-refractivity contribution in [3.8, 4) is 11.5 Å². The molecule has 132 valence electrons. The minimum Gasteiger partial charge on any atom is -0.486 e. The van der Waals surface area contributed by atoms with Crippen molar-refractivity contribution in [1.82, 2.24) is 9.97 Å². The third-order valence-corrected chi connectivity index (χ3v) is 4.94. The van der Waals surface area contributed by atoms with E-state index in [4.69, 9.17) is 9.47 Å². The van der Waals surface area contributed by atoms with E-state index in [-0.39, 0.29) is 0 Å². The fourth-order valence-electron chi connectivity index (χ4n) is 3.50. The van der Waals surface area contributed by atoms with Crippen LogP contribution in [0.5, 0.6) is 11.5 Å². The zero-order valence-corrected chi connectivity index (χ0v) is 14.8. The van der Waals surface area contributed by atoms with Crippen LogP contribution in [0.4, 0.5) is 11.5 Å². The van der Waals surface area contributed by atoms with Crippen LogP contribution in [0.1, 0.15) is 24.1 Å². The molecule has 2 aliphatic heterocycles. The fraction of sp³-hybridized carbons (Fsp3) is 0.474. The van der Waals surface area contributed by atoms with E-state index in [1.165, 1.54) is 5.56 Å². The molecule has 1 aromatic carbocycles. The van der Waals surface area contributed by atoms with Crippen molar-refractivity contribution < 1.29 is 9.47 Å². The summed E-state index contributed by atoms with van der Waals surface area (Å²) in [7, 11) is 0. The number of benzene rings is 1. The predicted octanol–water partition coefficient (Wildman–Crippen LogP) is 2.95. The molecule has 6 nitrogen and oxygen atoms in total. The van der Waals surface area contributed by atoms with E-state index in [0.29, 0.717) is 19.3 Å². The Labute approximate surface area is 148 Å². The first-order chi connectivity index (χ1) is 12.2. The Balaban J connectivity index is 1.47. The van der Waals surface area contributed by atoms with Gasteiger partial charge in [-0.15, -0.1) is 0 Å². The molecule has 0 spiro atoms. The fourth-order valence-corrected chi connectivity index (χ4v) is 3.50. The Morgan fingerprint density at radius 3 is 2.84 bits per heavy atom. The quantitative estimate of drug-likeness (QED) is 0.927. The molecule has 6 heteroatoms. The van der Waals surface area contributed by atoms with Crippen LogP contribution in [0, 0.1) is 13.8 Å². The third-order valence-electron chi connectivity index (χ3n) is 4.94. The van der Waals surface area contributed by atoms with Crippen molar-refractivity contribution in [2.75, 3.05) is 36.5 Å². The molecule has 1 N–H and O–H groups in total. The summed E-state index contributed by atoms with van der Waals surface area (Å²) < 4.78 is 11.3. The van der Waals surface area contributed by atoms with Crippen molar-refractivity contribution in [2.24, 2.45) is 0 Å². The summed E-state index contributed by atoms with van der Waals surface area (Å²) in [6.07, 6.45) is 3.95. The van der Waals surface area contributed by atoms with Crippen molar-refractivity contribution in [1.29, 1.82) is 0 Å². The van der Waals surface area contributed by atoms with Crippen LogP contribution in [0.3, 0.4) is 0 Å². The summed E-state index contributed by atoms with van der Waals surface area (Å²) >= 11 is 0. The molecule has 2 aliphatic rings. The first-order valence-electron chi connectivity index (χ1n) is 8.90. The molecular weight excluding hydrogens is 316 g/mol. The highest BCUT2D eigenvalue weighted by Crippen LogP contribution is 2.33. The minimum atomic E-state index is 0.381. The standard InChI is InChI=1S/C19H24N4O2/c1-13-14(2)20-12-21-19(13)23-7-3-4-16(11-23)22-15-5-6-17-18(10-15)25-9-8-24-17/h5-6,10,12,16,22H,3-4,7-9,11H2,1-2H3/t16-/m1/s1. The molecule has 1 saturated heterocycles. The van der Waals surface area contributed by atoms with Gasteiger partial charge in [0.2, 0.25) is 0 Å². The molecule has 0 amide bonds. The smallest absolute Gasteiger partial charge is 0.163 e. The van der Waals surface area contributed by atoms with Crippen LogP contribution >= 0.6 is 0 Å². The molecule has 2 aromatic rings. The highest BCUT2D eigenvalue weighted by atomic mass is 16.6. The van der Waals surface area contributed by atoms with Gasteiger partial charge in [-0.1, -0.05) is 0 Å². The number of nitrogens with one attached hydrogen (secondary N) is 1. The summed E-state index contributed by atoms with van der Waals surface area (Å²) in [5.41, 5.74) is 3.29. The van der Waals surface area contributed by atoms with Gasteiger partial charge in [-0.25, -0.2) is 9.97 Å². The molecule has 1 aromatic heterocycles. The van der Waals surface area contributed by atoms with Gasteiger partial charge in [0.25, 0.3) is 0 Å². The van der Waals surface area contributed by atoms with Crippen LogP contribution in [-0.4, -0.2) is 42.3 Å². The molecule has 1 atom stereocenters. The van der Waals surface area contributed by atoms with E-state index in [2.05, 4.69) is 33.2 Å². The minimum absolute atomic E-state index is 0.381. The van der Waals surface area contributed by atoms with Crippen LogP contribution in [0.15, 0.2) is 24.5 Å². The maximum atomic E-state index is 5.68. The van der Waals surface area contributed by atoms with E-state index >= 15 is 0 Å². The summed E-state index contributed by atoms with van der Waals surface area (Å²) in [6.45, 7) is 7.34. The topological polar surface area (TPSA) is 59.5 Å². The van der Waals surface area contributed by atoms with Crippen molar-refractivity contribution in [3.63, 3.8) is 0 Å². The number of piperidine rings is 1. The summed E-state index contributed by atoms with van der Waals surface area (Å²) in [5.74, 6) is 2.71. The molecule has 25 heavy (non-hydrogen) atoms. The van der Waals surface area contributed by atoms with Gasteiger partial charge in [-0.3, -0.25) is 0 Å². The molecule has 0 radical (unpaired) electrons. The second-order valence-corrected chi connectivity index (χ2v) is 6.70. The molecule has 1 fully saturated rings. The number of aryl methyl sites for hydroxylation is 1. The predicted molar refractivity (Wildman–Crippen MR) is 97.8 cm³/mol. The number of ether oxygens (including phenoxy) is 2. The van der Waals surface area contributed by atoms with E-state index in [1.54, 1.807) is 6.33 Å². The summed E-state index contributed by atoms with van der Waals surface area (Å²) in [6, 6.07) is 6.46. The van der Waals surface area contributed by atoms with Crippen molar-refractivity contribution in [3.05, 3.63) is 35.8 Å². The molecular formula is C19H24N4O2. The number of hydrogen-bond acceptors (Lipinski definition) is 6. The molecule has 4 rings (SSSR count). The Morgan fingerprint density at radius 1 is 1.12 bits per heavy atom. The maximum absolute atomic E-state index is 5.68. The first kappa shape index (κ1) is 16.0. The van der Waals surface area contributed by atoms with E-state index < -0.39 is 0 Å². The van der Waals surface area contributed by atoms with Crippen molar-refractivity contribution >= 4 is 11.5 Å². The molecule has 0 bridgehead atoms. The van der Waals surface area contributed by atoms with Gasteiger partial charge in [0.05, 0.1) is 0 Å². The summed E-state index contributed by atoms with van der Waals surface area (Å²) in [4.78, 5) is 11.2.